The van der Waals surface area contributed by atoms with Crippen LogP contribution in [0.4, 0.5) is 0 Å². The van der Waals surface area contributed by atoms with Crippen molar-refractivity contribution in [1.82, 2.24) is 5.32 Å². The minimum absolute atomic E-state index is 0.0948. The van der Waals surface area contributed by atoms with Crippen LogP contribution >= 0.6 is 0 Å². The molecule has 34 heavy (non-hydrogen) atoms. The topological polar surface area (TPSA) is 46.2 Å². The van der Waals surface area contributed by atoms with Gasteiger partial charge in [0.05, 0.1) is 6.04 Å². The number of Topliss-reactive ketones (excluding diaryl/α,β-unsaturated/α-hetero) is 1. The molecule has 1 saturated carbocycles. The first-order valence-corrected chi connectivity index (χ1v) is 11.7. The van der Waals surface area contributed by atoms with E-state index in [4.69, 9.17) is 0 Å². The second-order valence-corrected chi connectivity index (χ2v) is 8.95. The maximum atomic E-state index is 13.5. The Morgan fingerprint density at radius 2 is 1.06 bits per heavy atom. The van der Waals surface area contributed by atoms with Crippen molar-refractivity contribution in [2.45, 2.75) is 24.8 Å². The van der Waals surface area contributed by atoms with E-state index in [2.05, 4.69) is 29.6 Å². The van der Waals surface area contributed by atoms with Crippen LogP contribution in [0, 0.1) is 5.92 Å². The molecule has 1 amide bonds. The van der Waals surface area contributed by atoms with Gasteiger partial charge in [-0.2, -0.15) is 0 Å². The van der Waals surface area contributed by atoms with Gasteiger partial charge in [0.2, 0.25) is 0 Å². The van der Waals surface area contributed by atoms with E-state index < -0.39 is 0 Å². The van der Waals surface area contributed by atoms with Crippen LogP contribution in [0.5, 0.6) is 0 Å². The average Bonchev–Trinajstić information content (AvgIpc) is 3.65. The minimum atomic E-state index is -0.147. The van der Waals surface area contributed by atoms with E-state index in [0.717, 1.165) is 5.56 Å². The fourth-order valence-corrected chi connectivity index (χ4v) is 4.90. The molecule has 1 fully saturated rings. The zero-order valence-corrected chi connectivity index (χ0v) is 19.1. The Labute approximate surface area is 200 Å². The van der Waals surface area contributed by atoms with Crippen LogP contribution in [0.25, 0.3) is 0 Å². The molecule has 0 unspecified atom stereocenters. The first-order valence-electron chi connectivity index (χ1n) is 11.7. The van der Waals surface area contributed by atoms with Crippen molar-refractivity contribution in [2.24, 2.45) is 5.92 Å². The van der Waals surface area contributed by atoms with Crippen molar-refractivity contribution in [3.8, 4) is 0 Å². The van der Waals surface area contributed by atoms with Crippen LogP contribution < -0.4 is 5.32 Å². The molecule has 4 aromatic carbocycles. The molecular formula is C31H27NO2. The smallest absolute Gasteiger partial charge is 0.251 e. The molecule has 4 aromatic rings. The molecule has 0 heterocycles. The summed E-state index contributed by atoms with van der Waals surface area (Å²) in [6, 6.07) is 37.4. The standard InChI is InChI=1S/C31H27NO2/c1-21(22-11-5-2-6-12-22)32-31(34)26-19-17-25(18-20-26)30(33)29-27(23-13-7-3-8-14-23)28(29)24-15-9-4-10-16-24/h2-21,27-29H,1H3,(H,32,34)/t21-,27+,28+/m0/s1. The molecule has 1 aliphatic carbocycles. The van der Waals surface area contributed by atoms with Gasteiger partial charge in [-0.15, -0.1) is 0 Å². The van der Waals surface area contributed by atoms with E-state index in [9.17, 15) is 9.59 Å². The Balaban J connectivity index is 1.32. The minimum Gasteiger partial charge on any atom is -0.346 e. The van der Waals surface area contributed by atoms with Gasteiger partial charge in [0.1, 0.15) is 0 Å². The van der Waals surface area contributed by atoms with Crippen LogP contribution in [0.2, 0.25) is 0 Å². The SMILES string of the molecule is C[C@H](NC(=O)c1ccc(C(=O)C2[C@H](c3ccccc3)[C@H]2c2ccccc2)cc1)c1ccccc1. The number of nitrogens with one attached hydrogen (secondary N) is 1. The second-order valence-electron chi connectivity index (χ2n) is 8.95. The molecule has 5 rings (SSSR count). The molecule has 0 aliphatic heterocycles. The molecule has 0 aromatic heterocycles. The van der Waals surface area contributed by atoms with Gasteiger partial charge < -0.3 is 5.32 Å². The van der Waals surface area contributed by atoms with Gasteiger partial charge in [-0.3, -0.25) is 9.59 Å². The van der Waals surface area contributed by atoms with Crippen molar-refractivity contribution in [3.63, 3.8) is 0 Å². The predicted octanol–water partition coefficient (Wildman–Crippen LogP) is 6.56. The van der Waals surface area contributed by atoms with Gasteiger partial charge >= 0.3 is 0 Å². The summed E-state index contributed by atoms with van der Waals surface area (Å²) in [6.45, 7) is 1.96. The first-order chi connectivity index (χ1) is 16.6. The van der Waals surface area contributed by atoms with Crippen molar-refractivity contribution in [1.29, 1.82) is 0 Å². The third kappa shape index (κ3) is 4.42. The molecule has 0 bridgehead atoms. The lowest BCUT2D eigenvalue weighted by molar-refractivity contribution is 0.0935. The lowest BCUT2D eigenvalue weighted by Gasteiger charge is -2.14. The van der Waals surface area contributed by atoms with E-state index in [1.54, 1.807) is 24.3 Å². The summed E-state index contributed by atoms with van der Waals surface area (Å²) >= 11 is 0. The van der Waals surface area contributed by atoms with E-state index in [1.165, 1.54) is 11.1 Å². The zero-order valence-electron chi connectivity index (χ0n) is 19.1. The lowest BCUT2D eigenvalue weighted by Crippen LogP contribution is -2.26. The number of carbonyl (C=O) groups excluding carboxylic acids is 2. The fraction of sp³-hybridized carbons (Fsp3) is 0.161. The quantitative estimate of drug-likeness (QED) is 0.328. The zero-order chi connectivity index (χ0) is 23.5. The molecule has 168 valence electrons. The van der Waals surface area contributed by atoms with Gasteiger partial charge in [-0.05, 0) is 35.7 Å². The summed E-state index contributed by atoms with van der Waals surface area (Å²) in [4.78, 5) is 26.3. The number of hydrogen-bond donors (Lipinski definition) is 1. The maximum Gasteiger partial charge on any atom is 0.251 e. The summed E-state index contributed by atoms with van der Waals surface area (Å²) in [7, 11) is 0. The molecule has 3 heteroatoms. The Hall–Kier alpha value is -3.98. The fourth-order valence-electron chi connectivity index (χ4n) is 4.90. The lowest BCUT2D eigenvalue weighted by atomic mass is 10.0. The molecule has 3 nitrogen and oxygen atoms in total. The highest BCUT2D eigenvalue weighted by Crippen LogP contribution is 2.61. The van der Waals surface area contributed by atoms with Crippen molar-refractivity contribution >= 4 is 11.7 Å². The van der Waals surface area contributed by atoms with Crippen LogP contribution in [-0.2, 0) is 0 Å². The summed E-state index contributed by atoms with van der Waals surface area (Å²) in [6.07, 6.45) is 0. The van der Waals surface area contributed by atoms with Crippen molar-refractivity contribution in [3.05, 3.63) is 143 Å². The van der Waals surface area contributed by atoms with Crippen LogP contribution in [0.1, 0.15) is 62.2 Å². The average molecular weight is 446 g/mol. The van der Waals surface area contributed by atoms with E-state index in [0.29, 0.717) is 11.1 Å². The molecule has 1 aliphatic rings. The molecular weight excluding hydrogens is 418 g/mol. The highest BCUT2D eigenvalue weighted by molar-refractivity contribution is 6.03. The molecule has 0 spiro atoms. The number of amides is 1. The van der Waals surface area contributed by atoms with Crippen LogP contribution in [0.15, 0.2) is 115 Å². The van der Waals surface area contributed by atoms with Crippen molar-refractivity contribution in [2.75, 3.05) is 0 Å². The summed E-state index contributed by atoms with van der Waals surface area (Å²) < 4.78 is 0. The second kappa shape index (κ2) is 9.48. The number of rotatable bonds is 7. The van der Waals surface area contributed by atoms with E-state index in [1.807, 2.05) is 73.7 Å². The maximum absolute atomic E-state index is 13.5. The molecule has 3 atom stereocenters. The van der Waals surface area contributed by atoms with Crippen LogP contribution in [0.3, 0.4) is 0 Å². The number of hydrogen-bond acceptors (Lipinski definition) is 2. The van der Waals surface area contributed by atoms with E-state index >= 15 is 0 Å². The Morgan fingerprint density at radius 1 is 0.618 bits per heavy atom. The van der Waals surface area contributed by atoms with Gasteiger partial charge in [0.25, 0.3) is 5.91 Å². The summed E-state index contributed by atoms with van der Waals surface area (Å²) in [5.74, 6) is 0.234. The Kier molecular flexibility index (Phi) is 6.09. The van der Waals surface area contributed by atoms with E-state index in [-0.39, 0.29) is 35.5 Å². The predicted molar refractivity (Wildman–Crippen MR) is 135 cm³/mol. The van der Waals surface area contributed by atoms with Gasteiger partial charge in [0, 0.05) is 28.9 Å². The molecule has 1 N–H and O–H groups in total. The third-order valence-electron chi connectivity index (χ3n) is 6.77. The Morgan fingerprint density at radius 3 is 1.56 bits per heavy atom. The van der Waals surface area contributed by atoms with Gasteiger partial charge in [-0.25, -0.2) is 0 Å². The summed E-state index contributed by atoms with van der Waals surface area (Å²) in [5, 5.41) is 3.03. The first kappa shape index (κ1) is 21.8. The van der Waals surface area contributed by atoms with Gasteiger partial charge in [-0.1, -0.05) is 103 Å². The Bertz CT molecular complexity index is 1220. The molecule has 0 radical (unpaired) electrons. The number of benzene rings is 4. The highest BCUT2D eigenvalue weighted by Gasteiger charge is 2.55. The summed E-state index contributed by atoms with van der Waals surface area (Å²) in [5.41, 5.74) is 4.64. The largest absolute Gasteiger partial charge is 0.346 e. The monoisotopic (exact) mass is 445 g/mol. The van der Waals surface area contributed by atoms with Crippen molar-refractivity contribution < 1.29 is 9.59 Å². The highest BCUT2D eigenvalue weighted by atomic mass is 16.1. The van der Waals surface area contributed by atoms with Gasteiger partial charge in [0.15, 0.2) is 5.78 Å². The third-order valence-corrected chi connectivity index (χ3v) is 6.77. The number of carbonyl (C=O) groups is 2. The number of ketones is 1. The van der Waals surface area contributed by atoms with Crippen LogP contribution in [-0.4, -0.2) is 11.7 Å². The normalized spacial score (nSPS) is 19.7. The molecule has 0 saturated heterocycles.